The second-order valence-corrected chi connectivity index (χ2v) is 4.67. The molecule has 0 saturated heterocycles. The van der Waals surface area contributed by atoms with Crippen molar-refractivity contribution < 1.29 is 18.4 Å². The Morgan fingerprint density at radius 3 is 2.67 bits per heavy atom. The van der Waals surface area contributed by atoms with Crippen molar-refractivity contribution in [3.8, 4) is 11.6 Å². The molecule has 1 aromatic carbocycles. The maximum atomic E-state index is 13.6. The van der Waals surface area contributed by atoms with E-state index in [1.807, 2.05) is 0 Å². The molecular formula is C11H7BrF2N4O3. The minimum atomic E-state index is -1.24. The number of nitrogen functional groups attached to an aromatic ring is 1. The molecule has 110 valence electrons. The summed E-state index contributed by atoms with van der Waals surface area (Å²) in [6.07, 6.45) is 0. The Labute approximate surface area is 125 Å². The van der Waals surface area contributed by atoms with Gasteiger partial charge >= 0.3 is 0 Å². The van der Waals surface area contributed by atoms with Crippen LogP contribution < -0.4 is 16.0 Å². The van der Waals surface area contributed by atoms with Crippen LogP contribution in [0.2, 0.25) is 0 Å². The number of nitro groups is 1. The number of hydrogen-bond acceptors (Lipinski definition) is 6. The maximum Gasteiger partial charge on any atom is 0.278 e. The quantitative estimate of drug-likeness (QED) is 0.375. The number of nitrogens with one attached hydrogen (secondary N) is 1. The molecule has 21 heavy (non-hydrogen) atoms. The molecule has 0 spiro atoms. The molecule has 0 aliphatic rings. The number of pyridine rings is 1. The van der Waals surface area contributed by atoms with Gasteiger partial charge in [-0.15, -0.1) is 0 Å². The number of ether oxygens (including phenoxy) is 1. The van der Waals surface area contributed by atoms with Crippen LogP contribution in [-0.4, -0.2) is 9.91 Å². The first-order valence-corrected chi connectivity index (χ1v) is 6.15. The Hall–Kier alpha value is -2.33. The highest BCUT2D eigenvalue weighted by Gasteiger charge is 2.16. The van der Waals surface area contributed by atoms with Gasteiger partial charge in [-0.05, 0) is 12.1 Å². The molecule has 0 bridgehead atoms. The van der Waals surface area contributed by atoms with Gasteiger partial charge in [-0.2, -0.15) is 9.37 Å². The molecule has 2 rings (SSSR count). The third-order valence-electron chi connectivity index (χ3n) is 2.32. The predicted molar refractivity (Wildman–Crippen MR) is 72.8 cm³/mol. The summed E-state index contributed by atoms with van der Waals surface area (Å²) in [4.78, 5) is 13.8. The first-order chi connectivity index (χ1) is 9.90. The third kappa shape index (κ3) is 3.41. The summed E-state index contributed by atoms with van der Waals surface area (Å²) in [5.74, 6) is 1.90. The number of nitrogens with zero attached hydrogens (tertiary/aromatic N) is 2. The van der Waals surface area contributed by atoms with Crippen molar-refractivity contribution in [1.29, 1.82) is 0 Å². The van der Waals surface area contributed by atoms with E-state index < -0.39 is 22.3 Å². The minimum Gasteiger partial charge on any atom is -0.435 e. The second-order valence-electron chi connectivity index (χ2n) is 3.75. The highest BCUT2D eigenvalue weighted by Crippen LogP contribution is 2.31. The lowest BCUT2D eigenvalue weighted by Gasteiger charge is -2.08. The van der Waals surface area contributed by atoms with Crippen molar-refractivity contribution >= 4 is 27.4 Å². The Morgan fingerprint density at radius 2 is 2.05 bits per heavy atom. The molecule has 2 aromatic rings. The molecule has 0 aliphatic heterocycles. The highest BCUT2D eigenvalue weighted by atomic mass is 79.9. The van der Waals surface area contributed by atoms with E-state index in [9.17, 15) is 18.9 Å². The first-order valence-electron chi connectivity index (χ1n) is 5.36. The lowest BCUT2D eigenvalue weighted by Crippen LogP contribution is -2.09. The molecule has 1 heterocycles. The molecule has 0 radical (unpaired) electrons. The lowest BCUT2D eigenvalue weighted by atomic mass is 10.3. The molecule has 0 saturated carbocycles. The molecule has 0 amide bonds. The largest absolute Gasteiger partial charge is 0.435 e. The molecule has 0 atom stereocenters. The van der Waals surface area contributed by atoms with Crippen molar-refractivity contribution in [3.05, 3.63) is 50.5 Å². The molecular weight excluding hydrogens is 354 g/mol. The molecule has 7 nitrogen and oxygen atoms in total. The lowest BCUT2D eigenvalue weighted by molar-refractivity contribution is -0.384. The molecule has 1 aromatic heterocycles. The summed E-state index contributed by atoms with van der Waals surface area (Å²) < 4.78 is 32.1. The van der Waals surface area contributed by atoms with Crippen LogP contribution in [0.4, 0.5) is 20.3 Å². The predicted octanol–water partition coefficient (Wildman–Crippen LogP) is 3.11. The fourth-order valence-electron chi connectivity index (χ4n) is 1.44. The van der Waals surface area contributed by atoms with Crippen LogP contribution in [0.1, 0.15) is 0 Å². The number of hydrazine groups is 1. The van der Waals surface area contributed by atoms with E-state index in [1.165, 1.54) is 0 Å². The summed E-state index contributed by atoms with van der Waals surface area (Å²) in [5, 5.41) is 10.8. The van der Waals surface area contributed by atoms with Gasteiger partial charge in [0.05, 0.1) is 17.1 Å². The van der Waals surface area contributed by atoms with Crippen LogP contribution in [0.15, 0.2) is 28.7 Å². The summed E-state index contributed by atoms with van der Waals surface area (Å²) in [5.41, 5.74) is 1.74. The van der Waals surface area contributed by atoms with E-state index in [0.29, 0.717) is 0 Å². The van der Waals surface area contributed by atoms with Crippen molar-refractivity contribution in [3.63, 3.8) is 0 Å². The molecule has 3 N–H and O–H groups in total. The second kappa shape index (κ2) is 5.97. The Bertz CT molecular complexity index is 714. The molecule has 0 aliphatic carbocycles. The zero-order valence-electron chi connectivity index (χ0n) is 10.1. The molecule has 0 unspecified atom stereocenters. The van der Waals surface area contributed by atoms with Crippen LogP contribution in [0.5, 0.6) is 11.6 Å². The Balaban J connectivity index is 2.44. The normalized spacial score (nSPS) is 10.3. The van der Waals surface area contributed by atoms with Crippen LogP contribution in [-0.2, 0) is 0 Å². The SMILES string of the molecule is NNc1cc([N+](=O)[O-])cc(Oc2cc(Br)cc(F)c2F)n1. The number of halogens is 3. The van der Waals surface area contributed by atoms with E-state index in [1.54, 1.807) is 0 Å². The van der Waals surface area contributed by atoms with Gasteiger partial charge in [0.1, 0.15) is 0 Å². The number of hydrogen-bond donors (Lipinski definition) is 2. The van der Waals surface area contributed by atoms with Gasteiger partial charge in [-0.3, -0.25) is 10.1 Å². The van der Waals surface area contributed by atoms with E-state index in [2.05, 4.69) is 26.3 Å². The fraction of sp³-hybridized carbons (Fsp3) is 0. The summed E-state index contributed by atoms with van der Waals surface area (Å²) in [6, 6.07) is 4.09. The summed E-state index contributed by atoms with van der Waals surface area (Å²) in [6.45, 7) is 0. The van der Waals surface area contributed by atoms with Crippen LogP contribution in [0.25, 0.3) is 0 Å². The summed E-state index contributed by atoms with van der Waals surface area (Å²) >= 11 is 2.98. The van der Waals surface area contributed by atoms with Crippen molar-refractivity contribution in [1.82, 2.24) is 4.98 Å². The van der Waals surface area contributed by atoms with E-state index in [0.717, 1.165) is 24.3 Å². The van der Waals surface area contributed by atoms with Gasteiger partial charge in [0.2, 0.25) is 11.7 Å². The smallest absolute Gasteiger partial charge is 0.278 e. The van der Waals surface area contributed by atoms with Crippen molar-refractivity contribution in [2.24, 2.45) is 5.84 Å². The van der Waals surface area contributed by atoms with Crippen molar-refractivity contribution in [2.75, 3.05) is 5.43 Å². The third-order valence-corrected chi connectivity index (χ3v) is 2.78. The number of nitrogens with two attached hydrogens (primary N) is 1. The first kappa shape index (κ1) is 15.1. The number of aromatic nitrogens is 1. The minimum absolute atomic E-state index is 0.0601. The zero-order valence-corrected chi connectivity index (χ0v) is 11.7. The Morgan fingerprint density at radius 1 is 1.33 bits per heavy atom. The maximum absolute atomic E-state index is 13.6. The van der Waals surface area contributed by atoms with Gasteiger partial charge in [-0.25, -0.2) is 10.2 Å². The zero-order chi connectivity index (χ0) is 15.6. The average Bonchev–Trinajstić information content (AvgIpc) is 2.43. The number of anilines is 1. The van der Waals surface area contributed by atoms with Gasteiger partial charge in [0.15, 0.2) is 17.4 Å². The van der Waals surface area contributed by atoms with Crippen molar-refractivity contribution in [2.45, 2.75) is 0 Å². The summed E-state index contributed by atoms with van der Waals surface area (Å²) in [7, 11) is 0. The standard InChI is InChI=1S/C11H7BrF2N4O3/c12-5-1-7(13)11(14)8(2-5)21-10-4-6(18(19)20)3-9(16-10)17-15/h1-4H,15H2,(H,16,17). The molecule has 10 heteroatoms. The average molecular weight is 361 g/mol. The van der Waals surface area contributed by atoms with Crippen LogP contribution in [0, 0.1) is 21.7 Å². The van der Waals surface area contributed by atoms with Gasteiger partial charge in [0.25, 0.3) is 5.69 Å². The molecule has 0 fully saturated rings. The van der Waals surface area contributed by atoms with E-state index in [4.69, 9.17) is 10.6 Å². The van der Waals surface area contributed by atoms with E-state index >= 15 is 0 Å². The van der Waals surface area contributed by atoms with Gasteiger partial charge < -0.3 is 10.2 Å². The van der Waals surface area contributed by atoms with Gasteiger partial charge in [0, 0.05) is 4.47 Å². The monoisotopic (exact) mass is 360 g/mol. The topological polar surface area (TPSA) is 103 Å². The number of rotatable bonds is 4. The van der Waals surface area contributed by atoms with E-state index in [-0.39, 0.29) is 21.9 Å². The van der Waals surface area contributed by atoms with Crippen LogP contribution in [0.3, 0.4) is 0 Å². The Kier molecular flexibility index (Phi) is 4.29. The number of benzene rings is 1. The fourth-order valence-corrected chi connectivity index (χ4v) is 1.85. The highest BCUT2D eigenvalue weighted by molar-refractivity contribution is 9.10. The van der Waals surface area contributed by atoms with Crippen LogP contribution >= 0.6 is 15.9 Å². The van der Waals surface area contributed by atoms with Gasteiger partial charge in [-0.1, -0.05) is 15.9 Å².